The molecule has 2 rings (SSSR count). The van der Waals surface area contributed by atoms with E-state index in [4.69, 9.17) is 4.74 Å². The second-order valence-electron chi connectivity index (χ2n) is 5.41. The van der Waals surface area contributed by atoms with Crippen molar-refractivity contribution in [3.63, 3.8) is 0 Å². The van der Waals surface area contributed by atoms with Gasteiger partial charge >= 0.3 is 0 Å². The lowest BCUT2D eigenvalue weighted by atomic mass is 10.1. The molecule has 19 heavy (non-hydrogen) atoms. The average Bonchev–Trinajstić information content (AvgIpc) is 2.39. The van der Waals surface area contributed by atoms with Gasteiger partial charge in [-0.15, -0.1) is 0 Å². The number of benzene rings is 1. The van der Waals surface area contributed by atoms with Crippen molar-refractivity contribution in [2.45, 2.75) is 39.5 Å². The van der Waals surface area contributed by atoms with Crippen LogP contribution in [0.4, 0.5) is 0 Å². The number of ether oxygens (including phenoxy) is 1. The smallest absolute Gasteiger partial charge is 0.0674 e. The Kier molecular flexibility index (Phi) is 5.83. The van der Waals surface area contributed by atoms with Gasteiger partial charge in [-0.05, 0) is 31.0 Å². The second-order valence-corrected chi connectivity index (χ2v) is 5.41. The minimum Gasteiger partial charge on any atom is -0.376 e. The van der Waals surface area contributed by atoms with Gasteiger partial charge in [0, 0.05) is 26.2 Å². The van der Waals surface area contributed by atoms with E-state index in [0.29, 0.717) is 6.10 Å². The SMILES string of the molecule is CCCNCc1cccc(CN2CCOC(C)C2)c1. The summed E-state index contributed by atoms with van der Waals surface area (Å²) >= 11 is 0. The van der Waals surface area contributed by atoms with Crippen LogP contribution in [0, 0.1) is 0 Å². The van der Waals surface area contributed by atoms with Gasteiger partial charge in [-0.1, -0.05) is 31.2 Å². The minimum atomic E-state index is 0.364. The number of morpholine rings is 1. The molecule has 1 N–H and O–H groups in total. The van der Waals surface area contributed by atoms with Crippen molar-refractivity contribution in [1.29, 1.82) is 0 Å². The van der Waals surface area contributed by atoms with Crippen molar-refractivity contribution in [1.82, 2.24) is 10.2 Å². The number of nitrogens with one attached hydrogen (secondary N) is 1. The fraction of sp³-hybridized carbons (Fsp3) is 0.625. The van der Waals surface area contributed by atoms with Crippen molar-refractivity contribution < 1.29 is 4.74 Å². The lowest BCUT2D eigenvalue weighted by Crippen LogP contribution is -2.40. The summed E-state index contributed by atoms with van der Waals surface area (Å²) in [4.78, 5) is 2.48. The van der Waals surface area contributed by atoms with E-state index in [1.54, 1.807) is 0 Å². The van der Waals surface area contributed by atoms with Crippen LogP contribution < -0.4 is 5.32 Å². The zero-order valence-electron chi connectivity index (χ0n) is 12.2. The molecule has 1 aromatic carbocycles. The highest BCUT2D eigenvalue weighted by molar-refractivity contribution is 5.23. The molecule has 3 nitrogen and oxygen atoms in total. The van der Waals surface area contributed by atoms with E-state index < -0.39 is 0 Å². The van der Waals surface area contributed by atoms with Crippen LogP contribution in [-0.2, 0) is 17.8 Å². The molecule has 1 atom stereocenters. The van der Waals surface area contributed by atoms with Gasteiger partial charge in [0.2, 0.25) is 0 Å². The van der Waals surface area contributed by atoms with Gasteiger partial charge in [-0.2, -0.15) is 0 Å². The zero-order chi connectivity index (χ0) is 13.5. The molecule has 0 spiro atoms. The molecule has 0 aliphatic carbocycles. The maximum absolute atomic E-state index is 5.58. The molecule has 1 unspecified atom stereocenters. The van der Waals surface area contributed by atoms with Gasteiger partial charge in [-0.25, -0.2) is 0 Å². The van der Waals surface area contributed by atoms with E-state index in [1.165, 1.54) is 17.5 Å². The van der Waals surface area contributed by atoms with Crippen LogP contribution in [0.1, 0.15) is 31.4 Å². The molecule has 1 heterocycles. The summed E-state index contributed by atoms with van der Waals surface area (Å²) < 4.78 is 5.58. The third-order valence-electron chi connectivity index (χ3n) is 3.48. The summed E-state index contributed by atoms with van der Waals surface area (Å²) in [6.45, 7) is 10.4. The number of hydrogen-bond donors (Lipinski definition) is 1. The largest absolute Gasteiger partial charge is 0.376 e. The Morgan fingerprint density at radius 2 is 2.21 bits per heavy atom. The second kappa shape index (κ2) is 7.63. The molecule has 3 heteroatoms. The van der Waals surface area contributed by atoms with Crippen LogP contribution in [-0.4, -0.2) is 37.2 Å². The molecule has 0 bridgehead atoms. The van der Waals surface area contributed by atoms with E-state index in [9.17, 15) is 0 Å². The van der Waals surface area contributed by atoms with Gasteiger partial charge in [0.25, 0.3) is 0 Å². The Morgan fingerprint density at radius 3 is 3.00 bits per heavy atom. The first kappa shape index (κ1) is 14.5. The topological polar surface area (TPSA) is 24.5 Å². The summed E-state index contributed by atoms with van der Waals surface area (Å²) in [5, 5.41) is 3.46. The molecule has 0 aromatic heterocycles. The first-order chi connectivity index (χ1) is 9.28. The van der Waals surface area contributed by atoms with Crippen LogP contribution in [0.2, 0.25) is 0 Å². The van der Waals surface area contributed by atoms with Gasteiger partial charge < -0.3 is 10.1 Å². The lowest BCUT2D eigenvalue weighted by Gasteiger charge is -2.31. The average molecular weight is 262 g/mol. The fourth-order valence-electron chi connectivity index (χ4n) is 2.54. The van der Waals surface area contributed by atoms with Gasteiger partial charge in [0.15, 0.2) is 0 Å². The Balaban J connectivity index is 1.87. The number of hydrogen-bond acceptors (Lipinski definition) is 3. The molecule has 1 aliphatic rings. The summed E-state index contributed by atoms with van der Waals surface area (Å²) in [6.07, 6.45) is 1.55. The predicted octanol–water partition coefficient (Wildman–Crippen LogP) is 2.41. The normalized spacial score (nSPS) is 20.6. The molecule has 1 saturated heterocycles. The third-order valence-corrected chi connectivity index (χ3v) is 3.48. The van der Waals surface area contributed by atoms with Crippen LogP contribution in [0.5, 0.6) is 0 Å². The van der Waals surface area contributed by atoms with Gasteiger partial charge in [0.1, 0.15) is 0 Å². The van der Waals surface area contributed by atoms with Crippen LogP contribution in [0.15, 0.2) is 24.3 Å². The molecule has 0 radical (unpaired) electrons. The number of nitrogens with zero attached hydrogens (tertiary/aromatic N) is 1. The summed E-state index contributed by atoms with van der Waals surface area (Å²) in [6, 6.07) is 8.92. The maximum Gasteiger partial charge on any atom is 0.0674 e. The Morgan fingerprint density at radius 1 is 1.37 bits per heavy atom. The van der Waals surface area contributed by atoms with Crippen molar-refractivity contribution >= 4 is 0 Å². The first-order valence-corrected chi connectivity index (χ1v) is 7.40. The van der Waals surface area contributed by atoms with Crippen molar-refractivity contribution in [3.05, 3.63) is 35.4 Å². The monoisotopic (exact) mass is 262 g/mol. The summed E-state index contributed by atoms with van der Waals surface area (Å²) in [5.41, 5.74) is 2.79. The zero-order valence-corrected chi connectivity index (χ0v) is 12.2. The predicted molar refractivity (Wildman–Crippen MR) is 79.1 cm³/mol. The van der Waals surface area contributed by atoms with E-state index >= 15 is 0 Å². The maximum atomic E-state index is 5.58. The molecule has 0 amide bonds. The standard InChI is InChI=1S/C16H26N2O/c1-3-7-17-11-15-5-4-6-16(10-15)13-18-8-9-19-14(2)12-18/h4-6,10,14,17H,3,7-9,11-13H2,1-2H3. The van der Waals surface area contributed by atoms with Crippen molar-refractivity contribution in [3.8, 4) is 0 Å². The molecule has 1 fully saturated rings. The van der Waals surface area contributed by atoms with E-state index in [1.807, 2.05) is 0 Å². The Bertz CT molecular complexity index is 381. The highest BCUT2D eigenvalue weighted by Crippen LogP contribution is 2.12. The lowest BCUT2D eigenvalue weighted by molar-refractivity contribution is -0.0212. The fourth-order valence-corrected chi connectivity index (χ4v) is 2.54. The summed E-state index contributed by atoms with van der Waals surface area (Å²) in [7, 11) is 0. The minimum absolute atomic E-state index is 0.364. The molecule has 1 aromatic rings. The van der Waals surface area contributed by atoms with E-state index in [2.05, 4.69) is 48.3 Å². The van der Waals surface area contributed by atoms with Crippen molar-refractivity contribution in [2.24, 2.45) is 0 Å². The van der Waals surface area contributed by atoms with Crippen LogP contribution in [0.3, 0.4) is 0 Å². The van der Waals surface area contributed by atoms with Gasteiger partial charge in [0.05, 0.1) is 12.7 Å². The molecule has 1 aliphatic heterocycles. The van der Waals surface area contributed by atoms with Crippen LogP contribution >= 0.6 is 0 Å². The van der Waals surface area contributed by atoms with E-state index in [-0.39, 0.29) is 0 Å². The van der Waals surface area contributed by atoms with Crippen molar-refractivity contribution in [2.75, 3.05) is 26.2 Å². The first-order valence-electron chi connectivity index (χ1n) is 7.40. The molecule has 0 saturated carbocycles. The third kappa shape index (κ3) is 4.94. The Hall–Kier alpha value is -0.900. The molecule has 106 valence electrons. The van der Waals surface area contributed by atoms with Gasteiger partial charge in [-0.3, -0.25) is 4.90 Å². The Labute approximate surface area is 116 Å². The van der Waals surface area contributed by atoms with Crippen LogP contribution in [0.25, 0.3) is 0 Å². The quantitative estimate of drug-likeness (QED) is 0.797. The molecular weight excluding hydrogens is 236 g/mol. The molecular formula is C16H26N2O. The highest BCUT2D eigenvalue weighted by Gasteiger charge is 2.16. The van der Waals surface area contributed by atoms with E-state index in [0.717, 1.165) is 39.3 Å². The summed E-state index contributed by atoms with van der Waals surface area (Å²) in [5.74, 6) is 0. The highest BCUT2D eigenvalue weighted by atomic mass is 16.5. The number of rotatable bonds is 6.